The SMILES string of the molecule is COCCC(C)NCC1(C)CCN(C(=O)OC(C)(C)C)CC1. The maximum absolute atomic E-state index is 12.1. The molecule has 0 saturated carbocycles. The summed E-state index contributed by atoms with van der Waals surface area (Å²) in [7, 11) is 1.74. The van der Waals surface area contributed by atoms with Crippen LogP contribution < -0.4 is 5.32 Å². The van der Waals surface area contributed by atoms with Gasteiger partial charge in [0.2, 0.25) is 0 Å². The molecule has 1 aliphatic heterocycles. The molecule has 5 heteroatoms. The average molecular weight is 314 g/mol. The maximum atomic E-state index is 12.1. The summed E-state index contributed by atoms with van der Waals surface area (Å²) < 4.78 is 10.6. The van der Waals surface area contributed by atoms with Gasteiger partial charge in [-0.2, -0.15) is 0 Å². The van der Waals surface area contributed by atoms with Crippen LogP contribution in [-0.4, -0.2) is 56.0 Å². The molecule has 0 bridgehead atoms. The van der Waals surface area contributed by atoms with Gasteiger partial charge in [0.25, 0.3) is 0 Å². The third-order valence-corrected chi connectivity index (χ3v) is 4.25. The number of ether oxygens (including phenoxy) is 2. The van der Waals surface area contributed by atoms with E-state index in [-0.39, 0.29) is 11.5 Å². The van der Waals surface area contributed by atoms with Crippen molar-refractivity contribution >= 4 is 6.09 Å². The maximum Gasteiger partial charge on any atom is 0.410 e. The van der Waals surface area contributed by atoms with Gasteiger partial charge in [0.05, 0.1) is 0 Å². The summed E-state index contributed by atoms with van der Waals surface area (Å²) >= 11 is 0. The molecule has 1 unspecified atom stereocenters. The molecule has 0 aliphatic carbocycles. The molecule has 0 aromatic carbocycles. The second-order valence-electron chi connectivity index (χ2n) is 7.84. The van der Waals surface area contributed by atoms with Crippen molar-refractivity contribution in [3.63, 3.8) is 0 Å². The summed E-state index contributed by atoms with van der Waals surface area (Å²) in [6.45, 7) is 13.5. The minimum absolute atomic E-state index is 0.184. The smallest absolute Gasteiger partial charge is 0.410 e. The Labute approximate surface area is 135 Å². The molecule has 1 heterocycles. The Morgan fingerprint density at radius 1 is 1.32 bits per heavy atom. The molecule has 1 fully saturated rings. The number of hydrogen-bond donors (Lipinski definition) is 1. The fraction of sp³-hybridized carbons (Fsp3) is 0.941. The highest BCUT2D eigenvalue weighted by Crippen LogP contribution is 2.31. The zero-order chi connectivity index (χ0) is 16.8. The normalized spacial score (nSPS) is 19.8. The van der Waals surface area contributed by atoms with E-state index in [1.54, 1.807) is 7.11 Å². The van der Waals surface area contributed by atoms with Crippen LogP contribution in [0.1, 0.15) is 53.9 Å². The molecule has 130 valence electrons. The standard InChI is InChI=1S/C17H34N2O3/c1-14(7-12-21-6)18-13-17(5)8-10-19(11-9-17)15(20)22-16(2,3)4/h14,18H,7-13H2,1-6H3. The minimum atomic E-state index is -0.420. The molecule has 0 spiro atoms. The molecule has 0 aromatic heterocycles. The van der Waals surface area contributed by atoms with Crippen LogP contribution >= 0.6 is 0 Å². The Bertz CT molecular complexity index is 344. The zero-order valence-electron chi connectivity index (χ0n) is 15.2. The third-order valence-electron chi connectivity index (χ3n) is 4.25. The van der Waals surface area contributed by atoms with Crippen molar-refractivity contribution in [1.29, 1.82) is 0 Å². The van der Waals surface area contributed by atoms with Crippen LogP contribution in [0, 0.1) is 5.41 Å². The van der Waals surface area contributed by atoms with Gasteiger partial charge < -0.3 is 19.7 Å². The van der Waals surface area contributed by atoms with E-state index < -0.39 is 5.60 Å². The topological polar surface area (TPSA) is 50.8 Å². The van der Waals surface area contributed by atoms with E-state index in [0.717, 1.165) is 45.5 Å². The monoisotopic (exact) mass is 314 g/mol. The van der Waals surface area contributed by atoms with Crippen molar-refractivity contribution in [3.05, 3.63) is 0 Å². The van der Waals surface area contributed by atoms with Crippen LogP contribution in [0.2, 0.25) is 0 Å². The lowest BCUT2D eigenvalue weighted by Crippen LogP contribution is -2.48. The molecule has 1 atom stereocenters. The van der Waals surface area contributed by atoms with Gasteiger partial charge in [-0.15, -0.1) is 0 Å². The Morgan fingerprint density at radius 2 is 1.91 bits per heavy atom. The summed E-state index contributed by atoms with van der Waals surface area (Å²) in [5, 5.41) is 3.60. The van der Waals surface area contributed by atoms with Crippen LogP contribution in [0.4, 0.5) is 4.79 Å². The largest absolute Gasteiger partial charge is 0.444 e. The predicted molar refractivity (Wildman–Crippen MR) is 89.1 cm³/mol. The van der Waals surface area contributed by atoms with Gasteiger partial charge in [0.15, 0.2) is 0 Å². The summed E-state index contributed by atoms with van der Waals surface area (Å²) in [5.41, 5.74) is -0.171. The number of piperidine rings is 1. The number of carbonyl (C=O) groups is 1. The third kappa shape index (κ3) is 6.97. The van der Waals surface area contributed by atoms with Gasteiger partial charge >= 0.3 is 6.09 Å². The van der Waals surface area contributed by atoms with E-state index in [4.69, 9.17) is 9.47 Å². The fourth-order valence-electron chi connectivity index (χ4n) is 2.55. The summed E-state index contributed by atoms with van der Waals surface area (Å²) in [5.74, 6) is 0. The van der Waals surface area contributed by atoms with Crippen molar-refractivity contribution in [2.75, 3.05) is 33.4 Å². The second-order valence-corrected chi connectivity index (χ2v) is 7.84. The van der Waals surface area contributed by atoms with Crippen LogP contribution in [0.5, 0.6) is 0 Å². The Hall–Kier alpha value is -0.810. The van der Waals surface area contributed by atoms with Gasteiger partial charge in [-0.3, -0.25) is 0 Å². The van der Waals surface area contributed by atoms with Gasteiger partial charge in [-0.25, -0.2) is 4.79 Å². The minimum Gasteiger partial charge on any atom is -0.444 e. The number of rotatable bonds is 6. The molecule has 1 saturated heterocycles. The van der Waals surface area contributed by atoms with E-state index in [0.29, 0.717) is 6.04 Å². The highest BCUT2D eigenvalue weighted by atomic mass is 16.6. The van der Waals surface area contributed by atoms with Gasteiger partial charge in [-0.1, -0.05) is 6.92 Å². The lowest BCUT2D eigenvalue weighted by atomic mass is 9.80. The molecule has 5 nitrogen and oxygen atoms in total. The predicted octanol–water partition coefficient (Wildman–Crippen LogP) is 3.04. The van der Waals surface area contributed by atoms with Gasteiger partial charge in [0, 0.05) is 39.4 Å². The molecular weight excluding hydrogens is 280 g/mol. The van der Waals surface area contributed by atoms with Crippen LogP contribution in [0.3, 0.4) is 0 Å². The van der Waals surface area contributed by atoms with Crippen LogP contribution in [-0.2, 0) is 9.47 Å². The zero-order valence-corrected chi connectivity index (χ0v) is 15.2. The highest BCUT2D eigenvalue weighted by Gasteiger charge is 2.33. The molecule has 1 N–H and O–H groups in total. The van der Waals surface area contributed by atoms with E-state index in [9.17, 15) is 4.79 Å². The molecular formula is C17H34N2O3. The van der Waals surface area contributed by atoms with E-state index in [1.165, 1.54) is 0 Å². The first-order valence-corrected chi connectivity index (χ1v) is 8.35. The molecule has 1 aliphatic rings. The van der Waals surface area contributed by atoms with Crippen molar-refractivity contribution < 1.29 is 14.3 Å². The molecule has 0 radical (unpaired) electrons. The number of nitrogens with one attached hydrogen (secondary N) is 1. The first-order valence-electron chi connectivity index (χ1n) is 8.35. The van der Waals surface area contributed by atoms with Gasteiger partial charge in [0.1, 0.15) is 5.60 Å². The summed E-state index contributed by atoms with van der Waals surface area (Å²) in [6.07, 6.45) is 2.86. The number of likely N-dealkylation sites (tertiary alicyclic amines) is 1. The highest BCUT2D eigenvalue weighted by molar-refractivity contribution is 5.68. The van der Waals surface area contributed by atoms with Crippen molar-refractivity contribution in [1.82, 2.24) is 10.2 Å². The lowest BCUT2D eigenvalue weighted by molar-refractivity contribution is 0.0116. The quantitative estimate of drug-likeness (QED) is 0.819. The summed E-state index contributed by atoms with van der Waals surface area (Å²) in [6, 6.07) is 0.459. The van der Waals surface area contributed by atoms with Crippen molar-refractivity contribution in [3.8, 4) is 0 Å². The van der Waals surface area contributed by atoms with Gasteiger partial charge in [-0.05, 0) is 52.4 Å². The fourth-order valence-corrected chi connectivity index (χ4v) is 2.55. The number of hydrogen-bond acceptors (Lipinski definition) is 4. The molecule has 22 heavy (non-hydrogen) atoms. The first-order chi connectivity index (χ1) is 10.2. The molecule has 0 aromatic rings. The number of carbonyl (C=O) groups excluding carboxylic acids is 1. The first kappa shape index (κ1) is 19.2. The van der Waals surface area contributed by atoms with E-state index >= 15 is 0 Å². The Morgan fingerprint density at radius 3 is 2.41 bits per heavy atom. The lowest BCUT2D eigenvalue weighted by Gasteiger charge is -2.40. The molecule has 1 amide bonds. The second kappa shape index (κ2) is 8.16. The number of methoxy groups -OCH3 is 1. The van der Waals surface area contributed by atoms with E-state index in [1.807, 2.05) is 25.7 Å². The Balaban J connectivity index is 2.35. The average Bonchev–Trinajstić information content (AvgIpc) is 2.42. The Kier molecular flexibility index (Phi) is 7.13. The number of nitrogens with zero attached hydrogens (tertiary/aromatic N) is 1. The number of amides is 1. The molecule has 1 rings (SSSR count). The van der Waals surface area contributed by atoms with Crippen LogP contribution in [0.15, 0.2) is 0 Å². The summed E-state index contributed by atoms with van der Waals surface area (Å²) in [4.78, 5) is 13.9. The van der Waals surface area contributed by atoms with E-state index in [2.05, 4.69) is 19.2 Å². The van der Waals surface area contributed by atoms with Crippen molar-refractivity contribution in [2.45, 2.75) is 65.5 Å². The van der Waals surface area contributed by atoms with Crippen molar-refractivity contribution in [2.24, 2.45) is 5.41 Å². The van der Waals surface area contributed by atoms with Crippen LogP contribution in [0.25, 0.3) is 0 Å².